The molecule has 0 aromatic rings. The number of hydrogen-bond acceptors (Lipinski definition) is 9. The number of unbranched alkanes of at least 4 members (excludes halogenated alkanes) is 10. The number of nitrogens with one attached hydrogen (secondary N) is 1. The molecule has 31 heavy (non-hydrogen) atoms. The van der Waals surface area contributed by atoms with Crippen molar-refractivity contribution >= 4 is 17.9 Å². The molecule has 0 atom stereocenters. The van der Waals surface area contributed by atoms with E-state index < -0.39 is 17.9 Å². The van der Waals surface area contributed by atoms with Crippen LogP contribution in [0.5, 0.6) is 0 Å². The topological polar surface area (TPSA) is 184 Å². The van der Waals surface area contributed by atoms with Crippen molar-refractivity contribution in [2.24, 2.45) is 11.5 Å². The first-order valence-electron chi connectivity index (χ1n) is 11.2. The average molecular weight is 449 g/mol. The van der Waals surface area contributed by atoms with Crippen LogP contribution >= 0.6 is 0 Å². The normalized spacial score (nSPS) is 9.19. The Balaban J connectivity index is -0.000000247. The Labute approximate surface area is 189 Å². The maximum Gasteiger partial charge on any atom is 0.0383 e. The van der Waals surface area contributed by atoms with Crippen molar-refractivity contribution in [2.45, 2.75) is 97.8 Å². The van der Waals surface area contributed by atoms with Crippen LogP contribution in [0, 0.1) is 0 Å². The Morgan fingerprint density at radius 3 is 0.935 bits per heavy atom. The van der Waals surface area contributed by atoms with E-state index in [1.165, 1.54) is 90.1 Å². The fourth-order valence-corrected chi connectivity index (χ4v) is 2.33. The fraction of sp³-hybridized carbons (Fsp3) is 0.864. The molecule has 0 aliphatic rings. The number of carboxylic acids is 3. The summed E-state index contributed by atoms with van der Waals surface area (Å²) in [6.45, 7) is 7.02. The first-order valence-corrected chi connectivity index (χ1v) is 11.2. The second kappa shape index (κ2) is 35.7. The van der Waals surface area contributed by atoms with E-state index in [1.54, 1.807) is 0 Å². The molecule has 0 aromatic heterocycles. The Kier molecular flexibility index (Phi) is 42.2. The van der Waals surface area contributed by atoms with Gasteiger partial charge in [0.1, 0.15) is 0 Å². The highest BCUT2D eigenvalue weighted by Gasteiger charge is 1.93. The third-order valence-corrected chi connectivity index (χ3v) is 3.62. The van der Waals surface area contributed by atoms with Crippen molar-refractivity contribution in [3.05, 3.63) is 0 Å². The second-order valence-corrected chi connectivity index (χ2v) is 7.04. The van der Waals surface area contributed by atoms with E-state index in [4.69, 9.17) is 41.2 Å². The Morgan fingerprint density at radius 1 is 0.516 bits per heavy atom. The van der Waals surface area contributed by atoms with Crippen LogP contribution in [0.1, 0.15) is 97.8 Å². The Bertz CT molecular complexity index is 326. The van der Waals surface area contributed by atoms with Crippen LogP contribution in [-0.4, -0.2) is 44.1 Å². The quantitative estimate of drug-likeness (QED) is 0.260. The van der Waals surface area contributed by atoms with Gasteiger partial charge < -0.3 is 46.5 Å². The molecule has 0 aromatic carbocycles. The van der Waals surface area contributed by atoms with Gasteiger partial charge in [0.25, 0.3) is 0 Å². The highest BCUT2D eigenvalue weighted by atomic mass is 16.4. The van der Waals surface area contributed by atoms with Gasteiger partial charge in [-0.15, -0.1) is 0 Å². The number of hydrogen-bond donors (Lipinski definition) is 3. The maximum absolute atomic E-state index is 8.89. The summed E-state index contributed by atoms with van der Waals surface area (Å²) in [6, 6.07) is 0. The highest BCUT2D eigenvalue weighted by Crippen LogP contribution is 2.05. The SMILES string of the molecule is CC(=O)[O-].CC(=O)[O-].CC(=O)[O-].NCCCCCCCCNCCCCCCCCN. The molecule has 0 bridgehead atoms. The first-order chi connectivity index (χ1) is 14.6. The molecule has 0 heterocycles. The summed E-state index contributed by atoms with van der Waals surface area (Å²) >= 11 is 0. The van der Waals surface area contributed by atoms with E-state index in [2.05, 4.69) is 5.32 Å². The zero-order valence-corrected chi connectivity index (χ0v) is 19.9. The lowest BCUT2D eigenvalue weighted by Gasteiger charge is -2.05. The third kappa shape index (κ3) is 95.8. The van der Waals surface area contributed by atoms with Gasteiger partial charge >= 0.3 is 0 Å². The molecular formula is C22H46N3O6-3. The predicted octanol–water partition coefficient (Wildman–Crippen LogP) is -0.557. The molecule has 0 radical (unpaired) electrons. The van der Waals surface area contributed by atoms with E-state index >= 15 is 0 Å². The number of nitrogens with two attached hydrogens (primary N) is 2. The van der Waals surface area contributed by atoms with Crippen molar-refractivity contribution in [1.29, 1.82) is 0 Å². The smallest absolute Gasteiger partial charge is 0.0383 e. The minimum Gasteiger partial charge on any atom is -0.550 e. The molecule has 0 saturated carbocycles. The van der Waals surface area contributed by atoms with E-state index in [0.717, 1.165) is 33.9 Å². The number of aliphatic carboxylic acids is 3. The highest BCUT2D eigenvalue weighted by molar-refractivity contribution is 5.60. The summed E-state index contributed by atoms with van der Waals surface area (Å²) in [4.78, 5) is 26.7. The van der Waals surface area contributed by atoms with Crippen LogP contribution in [-0.2, 0) is 14.4 Å². The number of carboxylic acid groups (broad SMARTS) is 3. The molecule has 0 spiro atoms. The maximum atomic E-state index is 8.89. The molecule has 5 N–H and O–H groups in total. The van der Waals surface area contributed by atoms with Crippen molar-refractivity contribution in [3.63, 3.8) is 0 Å². The summed E-state index contributed by atoms with van der Waals surface area (Å²) in [5.74, 6) is -3.25. The zero-order chi connectivity index (χ0) is 24.8. The number of rotatable bonds is 16. The summed E-state index contributed by atoms with van der Waals surface area (Å²) in [5.41, 5.74) is 10.9. The lowest BCUT2D eigenvalue weighted by atomic mass is 10.1. The van der Waals surface area contributed by atoms with Crippen LogP contribution in [0.15, 0.2) is 0 Å². The van der Waals surface area contributed by atoms with Gasteiger partial charge in [0.2, 0.25) is 0 Å². The van der Waals surface area contributed by atoms with Crippen LogP contribution in [0.25, 0.3) is 0 Å². The van der Waals surface area contributed by atoms with E-state index in [1.807, 2.05) is 0 Å². The molecule has 9 heteroatoms. The molecule has 0 unspecified atom stereocenters. The summed E-state index contributed by atoms with van der Waals surface area (Å²) in [5, 5.41) is 30.2. The summed E-state index contributed by atoms with van der Waals surface area (Å²) in [6.07, 6.45) is 15.9. The third-order valence-electron chi connectivity index (χ3n) is 3.62. The first kappa shape index (κ1) is 36.7. The molecule has 0 amide bonds. The number of carbonyl (C=O) groups excluding carboxylic acids is 3. The largest absolute Gasteiger partial charge is 0.550 e. The molecule has 0 aliphatic carbocycles. The van der Waals surface area contributed by atoms with Gasteiger partial charge in [-0.25, -0.2) is 0 Å². The average Bonchev–Trinajstić information content (AvgIpc) is 2.63. The van der Waals surface area contributed by atoms with Crippen LogP contribution in [0.3, 0.4) is 0 Å². The monoisotopic (exact) mass is 448 g/mol. The fourth-order valence-electron chi connectivity index (χ4n) is 2.33. The Morgan fingerprint density at radius 2 is 0.710 bits per heavy atom. The summed E-state index contributed by atoms with van der Waals surface area (Å²) in [7, 11) is 0. The molecule has 0 aliphatic heterocycles. The lowest BCUT2D eigenvalue weighted by molar-refractivity contribution is -0.303. The van der Waals surface area contributed by atoms with Crippen molar-refractivity contribution in [1.82, 2.24) is 5.32 Å². The van der Waals surface area contributed by atoms with E-state index in [-0.39, 0.29) is 0 Å². The molecule has 0 rings (SSSR count). The molecule has 0 fully saturated rings. The van der Waals surface area contributed by atoms with Crippen molar-refractivity contribution < 1.29 is 29.7 Å². The van der Waals surface area contributed by atoms with Gasteiger partial charge in [-0.2, -0.15) is 0 Å². The lowest BCUT2D eigenvalue weighted by Crippen LogP contribution is -2.16. The van der Waals surface area contributed by atoms with Crippen molar-refractivity contribution in [2.75, 3.05) is 26.2 Å². The van der Waals surface area contributed by atoms with Gasteiger partial charge in [-0.05, 0) is 72.6 Å². The molecular weight excluding hydrogens is 402 g/mol. The van der Waals surface area contributed by atoms with E-state index in [0.29, 0.717) is 0 Å². The van der Waals surface area contributed by atoms with Gasteiger partial charge in [0, 0.05) is 17.9 Å². The molecule has 0 saturated heterocycles. The Hall–Kier alpha value is -1.71. The minimum absolute atomic E-state index is 0.855. The van der Waals surface area contributed by atoms with E-state index in [9.17, 15) is 0 Å². The minimum atomic E-state index is -1.08. The summed E-state index contributed by atoms with van der Waals surface area (Å²) < 4.78 is 0. The van der Waals surface area contributed by atoms with Gasteiger partial charge in [0.05, 0.1) is 0 Å². The number of carbonyl (C=O) groups is 3. The zero-order valence-electron chi connectivity index (χ0n) is 19.9. The van der Waals surface area contributed by atoms with Gasteiger partial charge in [0.15, 0.2) is 0 Å². The van der Waals surface area contributed by atoms with Crippen LogP contribution in [0.2, 0.25) is 0 Å². The van der Waals surface area contributed by atoms with Crippen molar-refractivity contribution in [3.8, 4) is 0 Å². The molecule has 9 nitrogen and oxygen atoms in total. The standard InChI is InChI=1S/C16H37N3.3C2H4O2/c17-13-9-5-1-3-7-11-15-19-16-12-8-4-2-6-10-14-18;3*1-2(3)4/h19H,1-18H2;3*1H3,(H,3,4)/p-3. The predicted molar refractivity (Wildman–Crippen MR) is 118 cm³/mol. The second-order valence-electron chi connectivity index (χ2n) is 7.04. The van der Waals surface area contributed by atoms with Gasteiger partial charge in [-0.1, -0.05) is 51.4 Å². The van der Waals surface area contributed by atoms with Gasteiger partial charge in [-0.3, -0.25) is 0 Å². The van der Waals surface area contributed by atoms with Crippen LogP contribution < -0.4 is 32.1 Å². The molecule has 188 valence electrons. The van der Waals surface area contributed by atoms with Crippen LogP contribution in [0.4, 0.5) is 0 Å².